The van der Waals surface area contributed by atoms with Gasteiger partial charge in [-0.2, -0.15) is 0 Å². The molecule has 0 spiro atoms. The van der Waals surface area contributed by atoms with Gasteiger partial charge in [0.15, 0.2) is 0 Å². The molecule has 0 aromatic rings. The van der Waals surface area contributed by atoms with Crippen molar-refractivity contribution < 1.29 is 24.1 Å². The van der Waals surface area contributed by atoms with Crippen molar-refractivity contribution in [1.29, 1.82) is 0 Å². The third kappa shape index (κ3) is 8.56. The molecule has 0 amide bonds. The van der Waals surface area contributed by atoms with Gasteiger partial charge in [-0.05, 0) is 54.4 Å². The van der Waals surface area contributed by atoms with Crippen molar-refractivity contribution in [2.45, 2.75) is 91.6 Å². The average molecular weight is 377 g/mol. The molecule has 1 N–H and O–H groups in total. The van der Waals surface area contributed by atoms with Crippen LogP contribution in [0.15, 0.2) is 0 Å². The van der Waals surface area contributed by atoms with E-state index in [0.717, 1.165) is 23.1 Å². The van der Waals surface area contributed by atoms with Crippen LogP contribution < -0.4 is 0 Å². The largest absolute Gasteiger partial charge is 0.508 e. The highest BCUT2D eigenvalue weighted by atomic mass is 28.1. The maximum atomic E-state index is 12.1. The number of hydrogen-bond donors (Lipinski definition) is 1. The molecule has 0 rings (SSSR count). The highest BCUT2D eigenvalue weighted by Gasteiger charge is 2.43. The number of ether oxygens (including phenoxy) is 3. The summed E-state index contributed by atoms with van der Waals surface area (Å²) >= 11 is 0. The van der Waals surface area contributed by atoms with E-state index >= 15 is 0 Å². The van der Waals surface area contributed by atoms with Crippen LogP contribution in [0.1, 0.15) is 75.2 Å². The predicted molar refractivity (Wildman–Crippen MR) is 105 cm³/mol. The summed E-state index contributed by atoms with van der Waals surface area (Å²) < 4.78 is 16.8. The predicted octanol–water partition coefficient (Wildman–Crippen LogP) is 3.25. The van der Waals surface area contributed by atoms with Crippen molar-refractivity contribution in [3.05, 3.63) is 0 Å². The first-order valence-electron chi connectivity index (χ1n) is 9.26. The van der Waals surface area contributed by atoms with E-state index in [0.29, 0.717) is 6.61 Å². The van der Waals surface area contributed by atoms with Crippen LogP contribution in [0.5, 0.6) is 0 Å². The molecule has 0 saturated carbocycles. The lowest BCUT2D eigenvalue weighted by Gasteiger charge is -2.43. The summed E-state index contributed by atoms with van der Waals surface area (Å²) in [6, 6.07) is 0. The molecule has 0 aliphatic heterocycles. The zero-order valence-corrected chi connectivity index (χ0v) is 20.0. The minimum atomic E-state index is -0.901. The molecule has 0 aliphatic carbocycles. The molecule has 2 atom stereocenters. The Kier molecular flexibility index (Phi) is 8.66. The SMILES string of the molecule is CCC(C)(CCOC(C)(C)[SiH3])C(C)(C)OC(=O)OCC(C)C(C)(C)O. The maximum absolute atomic E-state index is 12.1. The Balaban J connectivity index is 4.75. The second kappa shape index (κ2) is 8.87. The minimum Gasteiger partial charge on any atom is -0.434 e. The first-order chi connectivity index (χ1) is 11.0. The Bertz CT molecular complexity index is 423. The lowest BCUT2D eigenvalue weighted by molar-refractivity contribution is -0.106. The molecule has 0 bridgehead atoms. The van der Waals surface area contributed by atoms with Crippen LogP contribution in [0, 0.1) is 11.3 Å². The summed E-state index contributed by atoms with van der Waals surface area (Å²) in [5.74, 6) is -0.176. The molecule has 0 fully saturated rings. The van der Waals surface area contributed by atoms with E-state index in [4.69, 9.17) is 14.2 Å². The summed E-state index contributed by atoms with van der Waals surface area (Å²) in [6.07, 6.45) is 0.971. The second-order valence-corrected chi connectivity index (χ2v) is 11.8. The van der Waals surface area contributed by atoms with Gasteiger partial charge in [0, 0.05) is 33.4 Å². The number of hydrogen-bond acceptors (Lipinski definition) is 5. The monoisotopic (exact) mass is 376 g/mol. The number of rotatable bonds is 10. The standard InChI is InChI=1S/C19H40O5Si/c1-10-19(9,11-12-23-18(7,8)25)17(5,6)24-15(20)22-13-14(2)16(3,4)21/h14,21H,10-13H2,1-9,25H3. The highest BCUT2D eigenvalue weighted by molar-refractivity contribution is 6.13. The van der Waals surface area contributed by atoms with Crippen LogP contribution in [-0.2, 0) is 14.2 Å². The second-order valence-electron chi connectivity index (χ2n) is 9.35. The highest BCUT2D eigenvalue weighted by Crippen LogP contribution is 2.41. The van der Waals surface area contributed by atoms with Crippen molar-refractivity contribution in [1.82, 2.24) is 0 Å². The van der Waals surface area contributed by atoms with Gasteiger partial charge in [-0.15, -0.1) is 0 Å². The van der Waals surface area contributed by atoms with Crippen LogP contribution in [0.2, 0.25) is 0 Å². The van der Waals surface area contributed by atoms with Gasteiger partial charge in [-0.3, -0.25) is 0 Å². The molecular formula is C19H40O5Si. The molecule has 5 nitrogen and oxygen atoms in total. The fourth-order valence-electron chi connectivity index (χ4n) is 2.24. The van der Waals surface area contributed by atoms with Crippen LogP contribution in [0.3, 0.4) is 0 Å². The van der Waals surface area contributed by atoms with Crippen LogP contribution in [-0.4, -0.2) is 51.1 Å². The van der Waals surface area contributed by atoms with E-state index in [9.17, 15) is 9.90 Å². The lowest BCUT2D eigenvalue weighted by Crippen LogP contribution is -2.46. The van der Waals surface area contributed by atoms with Crippen molar-refractivity contribution in [3.8, 4) is 0 Å². The summed E-state index contributed by atoms with van der Waals surface area (Å²) in [5.41, 5.74) is -1.81. The van der Waals surface area contributed by atoms with E-state index < -0.39 is 17.4 Å². The fourth-order valence-corrected chi connectivity index (χ4v) is 2.45. The Morgan fingerprint density at radius 1 is 1.12 bits per heavy atom. The molecule has 0 aromatic carbocycles. The molecule has 0 radical (unpaired) electrons. The third-order valence-corrected chi connectivity index (χ3v) is 5.71. The molecule has 150 valence electrons. The van der Waals surface area contributed by atoms with E-state index in [1.165, 1.54) is 0 Å². The van der Waals surface area contributed by atoms with Gasteiger partial charge in [-0.1, -0.05) is 20.8 Å². The topological polar surface area (TPSA) is 65.0 Å². The van der Waals surface area contributed by atoms with Gasteiger partial charge in [0.2, 0.25) is 0 Å². The lowest BCUT2D eigenvalue weighted by atomic mass is 9.71. The Labute approximate surface area is 157 Å². The Morgan fingerprint density at radius 3 is 2.04 bits per heavy atom. The molecule has 0 saturated heterocycles. The minimum absolute atomic E-state index is 0.0498. The Morgan fingerprint density at radius 2 is 1.64 bits per heavy atom. The van der Waals surface area contributed by atoms with Crippen LogP contribution >= 0.6 is 0 Å². The molecular weight excluding hydrogens is 336 g/mol. The first-order valence-corrected chi connectivity index (χ1v) is 10.3. The van der Waals surface area contributed by atoms with E-state index in [2.05, 4.69) is 27.7 Å². The van der Waals surface area contributed by atoms with Crippen molar-refractivity contribution in [2.75, 3.05) is 13.2 Å². The van der Waals surface area contributed by atoms with Crippen molar-refractivity contribution in [2.24, 2.45) is 11.3 Å². The molecule has 6 heteroatoms. The van der Waals surface area contributed by atoms with Crippen LogP contribution in [0.25, 0.3) is 0 Å². The summed E-state index contributed by atoms with van der Waals surface area (Å²) in [7, 11) is 0.965. The van der Waals surface area contributed by atoms with Crippen LogP contribution in [0.4, 0.5) is 4.79 Å². The van der Waals surface area contributed by atoms with E-state index in [1.807, 2.05) is 20.8 Å². The molecule has 0 heterocycles. The Hall–Kier alpha value is -0.593. The van der Waals surface area contributed by atoms with Crippen molar-refractivity contribution in [3.63, 3.8) is 0 Å². The molecule has 0 aromatic heterocycles. The zero-order valence-electron chi connectivity index (χ0n) is 18.0. The molecule has 2 unspecified atom stereocenters. The number of carbonyl (C=O) groups excluding carboxylic acids is 1. The van der Waals surface area contributed by atoms with E-state index in [-0.39, 0.29) is 23.2 Å². The first kappa shape index (κ1) is 24.4. The fraction of sp³-hybridized carbons (Fsp3) is 0.947. The van der Waals surface area contributed by atoms with Gasteiger partial charge in [0.25, 0.3) is 0 Å². The normalized spacial score (nSPS) is 17.0. The number of aliphatic hydroxyl groups is 1. The molecule has 0 aliphatic rings. The maximum Gasteiger partial charge on any atom is 0.508 e. The van der Waals surface area contributed by atoms with E-state index in [1.54, 1.807) is 13.8 Å². The smallest absolute Gasteiger partial charge is 0.434 e. The summed E-state index contributed by atoms with van der Waals surface area (Å²) in [6.45, 7) is 18.2. The van der Waals surface area contributed by atoms with Gasteiger partial charge in [0.1, 0.15) is 12.2 Å². The summed E-state index contributed by atoms with van der Waals surface area (Å²) in [5, 5.41) is 9.87. The van der Waals surface area contributed by atoms with Gasteiger partial charge in [0.05, 0.1) is 5.60 Å². The van der Waals surface area contributed by atoms with Gasteiger partial charge < -0.3 is 19.3 Å². The zero-order chi connectivity index (χ0) is 20.1. The molecule has 25 heavy (non-hydrogen) atoms. The quantitative estimate of drug-likeness (QED) is 0.468. The average Bonchev–Trinajstić information content (AvgIpc) is 2.41. The van der Waals surface area contributed by atoms with Gasteiger partial charge in [-0.25, -0.2) is 4.79 Å². The van der Waals surface area contributed by atoms with Gasteiger partial charge >= 0.3 is 6.16 Å². The summed E-state index contributed by atoms with van der Waals surface area (Å²) in [4.78, 5) is 12.1. The third-order valence-electron chi connectivity index (χ3n) is 5.42. The van der Waals surface area contributed by atoms with Crippen molar-refractivity contribution >= 4 is 16.4 Å². The number of carbonyl (C=O) groups is 1.